The van der Waals surface area contributed by atoms with E-state index in [0.717, 1.165) is 31.8 Å². The minimum absolute atomic E-state index is 0.519. The molecule has 1 heterocycles. The summed E-state index contributed by atoms with van der Waals surface area (Å²) in [6.07, 6.45) is 4.86. The van der Waals surface area contributed by atoms with Gasteiger partial charge in [0.05, 0.1) is 0 Å². The van der Waals surface area contributed by atoms with Gasteiger partial charge in [-0.05, 0) is 39.7 Å². The molecule has 0 aromatic carbocycles. The molecule has 0 spiro atoms. The smallest absolute Gasteiger partial charge is 0.0464 e. The van der Waals surface area contributed by atoms with Crippen molar-refractivity contribution >= 4 is 5.71 Å². The first-order chi connectivity index (χ1) is 9.56. The quantitative estimate of drug-likeness (QED) is 0.614. The number of allylic oxidation sites excluding steroid dienone is 4. The van der Waals surface area contributed by atoms with Crippen molar-refractivity contribution in [1.82, 2.24) is 10.2 Å². The summed E-state index contributed by atoms with van der Waals surface area (Å²) < 4.78 is 0. The van der Waals surface area contributed by atoms with Crippen LogP contribution in [0, 0.1) is 0 Å². The Kier molecular flexibility index (Phi) is 6.73. The lowest BCUT2D eigenvalue weighted by Gasteiger charge is -2.38. The predicted molar refractivity (Wildman–Crippen MR) is 89.1 cm³/mol. The lowest BCUT2D eigenvalue weighted by atomic mass is 9.96. The first-order valence-electron chi connectivity index (χ1n) is 7.56. The first-order valence-corrected chi connectivity index (χ1v) is 7.56. The zero-order chi connectivity index (χ0) is 15.1. The molecular weight excluding hydrogens is 246 g/mol. The van der Waals surface area contributed by atoms with Crippen LogP contribution in [0.4, 0.5) is 0 Å². The summed E-state index contributed by atoms with van der Waals surface area (Å²) in [7, 11) is 0. The van der Waals surface area contributed by atoms with Gasteiger partial charge in [0.15, 0.2) is 0 Å². The molecule has 0 radical (unpaired) electrons. The summed E-state index contributed by atoms with van der Waals surface area (Å²) in [5.41, 5.74) is 5.02. The number of nitrogens with zero attached hydrogens (tertiary/aromatic N) is 2. The molecule has 0 aromatic rings. The first kappa shape index (κ1) is 16.7. The molecule has 1 N–H and O–H groups in total. The molecule has 3 nitrogen and oxygen atoms in total. The fourth-order valence-electron chi connectivity index (χ4n) is 2.94. The molecule has 1 aliphatic rings. The highest BCUT2D eigenvalue weighted by Crippen LogP contribution is 2.24. The summed E-state index contributed by atoms with van der Waals surface area (Å²) in [4.78, 5) is 6.92. The van der Waals surface area contributed by atoms with Crippen LogP contribution in [-0.2, 0) is 0 Å². The lowest BCUT2D eigenvalue weighted by Crippen LogP contribution is -2.49. The molecule has 112 valence electrons. The Morgan fingerprint density at radius 2 is 2.15 bits per heavy atom. The van der Waals surface area contributed by atoms with Gasteiger partial charge in [-0.2, -0.15) is 0 Å². The summed E-state index contributed by atoms with van der Waals surface area (Å²) in [5.74, 6) is 0. The minimum Gasteiger partial charge on any atom is -0.369 e. The van der Waals surface area contributed by atoms with Gasteiger partial charge in [0, 0.05) is 48.9 Å². The molecule has 0 unspecified atom stereocenters. The van der Waals surface area contributed by atoms with Crippen LogP contribution < -0.4 is 5.32 Å². The van der Waals surface area contributed by atoms with Crippen molar-refractivity contribution in [1.29, 1.82) is 0 Å². The van der Waals surface area contributed by atoms with Crippen molar-refractivity contribution < 1.29 is 0 Å². The third-order valence-electron chi connectivity index (χ3n) is 3.99. The SMILES string of the molecule is C=C\N=C(C)/C(C(=C\C)/CC)=C(\C)N1CCNC[C@@H]1C. The van der Waals surface area contributed by atoms with E-state index in [1.54, 1.807) is 6.20 Å². The molecule has 20 heavy (non-hydrogen) atoms. The van der Waals surface area contributed by atoms with E-state index < -0.39 is 0 Å². The van der Waals surface area contributed by atoms with Crippen LogP contribution in [0.25, 0.3) is 0 Å². The second kappa shape index (κ2) is 8.05. The van der Waals surface area contributed by atoms with Crippen molar-refractivity contribution in [2.45, 2.75) is 47.1 Å². The number of aliphatic imine (C=N–C) groups is 1. The average Bonchev–Trinajstić information content (AvgIpc) is 2.44. The highest BCUT2D eigenvalue weighted by Gasteiger charge is 2.22. The third kappa shape index (κ3) is 3.83. The topological polar surface area (TPSA) is 27.6 Å². The van der Waals surface area contributed by atoms with Crippen molar-refractivity contribution in [2.24, 2.45) is 4.99 Å². The zero-order valence-electron chi connectivity index (χ0n) is 13.7. The van der Waals surface area contributed by atoms with E-state index in [1.165, 1.54) is 16.8 Å². The molecule has 0 saturated carbocycles. The second-order valence-corrected chi connectivity index (χ2v) is 5.27. The van der Waals surface area contributed by atoms with Crippen LogP contribution >= 0.6 is 0 Å². The van der Waals surface area contributed by atoms with Crippen molar-refractivity contribution in [3.63, 3.8) is 0 Å². The second-order valence-electron chi connectivity index (χ2n) is 5.27. The van der Waals surface area contributed by atoms with Gasteiger partial charge in [0.25, 0.3) is 0 Å². The van der Waals surface area contributed by atoms with Crippen molar-refractivity contribution in [2.75, 3.05) is 19.6 Å². The molecule has 1 rings (SSSR count). The van der Waals surface area contributed by atoms with Crippen LogP contribution in [0.5, 0.6) is 0 Å². The molecule has 1 fully saturated rings. The maximum Gasteiger partial charge on any atom is 0.0464 e. The number of rotatable bonds is 5. The largest absolute Gasteiger partial charge is 0.369 e. The van der Waals surface area contributed by atoms with Crippen LogP contribution in [0.1, 0.15) is 41.0 Å². The van der Waals surface area contributed by atoms with E-state index in [9.17, 15) is 0 Å². The van der Waals surface area contributed by atoms with E-state index >= 15 is 0 Å². The normalized spacial score (nSPS) is 22.6. The van der Waals surface area contributed by atoms with E-state index in [1.807, 2.05) is 0 Å². The number of hydrogen-bond donors (Lipinski definition) is 1. The fourth-order valence-corrected chi connectivity index (χ4v) is 2.94. The standard InChI is InChI=1S/C17H29N3/c1-7-16(8-2)17(14(5)19-9-3)15(6)20-11-10-18-12-13(20)4/h7,9,13,18H,3,8,10-12H2,1-2,4-6H3/b16-7-,17-15-,19-14-/t13-/m0/s1. The number of piperazine rings is 1. The van der Waals surface area contributed by atoms with Gasteiger partial charge in [0.1, 0.15) is 0 Å². The monoisotopic (exact) mass is 275 g/mol. The molecule has 1 aliphatic heterocycles. The van der Waals surface area contributed by atoms with Crippen LogP contribution in [0.3, 0.4) is 0 Å². The van der Waals surface area contributed by atoms with Crippen molar-refractivity contribution in [3.8, 4) is 0 Å². The Hall–Kier alpha value is -1.35. The summed E-state index contributed by atoms with van der Waals surface area (Å²) >= 11 is 0. The Labute approximate surface area is 124 Å². The van der Waals surface area contributed by atoms with Crippen molar-refractivity contribution in [3.05, 3.63) is 35.7 Å². The van der Waals surface area contributed by atoms with Crippen LogP contribution in [-0.4, -0.2) is 36.3 Å². The minimum atomic E-state index is 0.519. The number of hydrogen-bond acceptors (Lipinski definition) is 3. The van der Waals surface area contributed by atoms with Gasteiger partial charge in [0.2, 0.25) is 0 Å². The molecular formula is C17H29N3. The highest BCUT2D eigenvalue weighted by atomic mass is 15.2. The summed E-state index contributed by atoms with van der Waals surface area (Å²) in [6.45, 7) is 17.7. The van der Waals surface area contributed by atoms with Gasteiger partial charge in [-0.15, -0.1) is 0 Å². The third-order valence-corrected chi connectivity index (χ3v) is 3.99. The van der Waals surface area contributed by atoms with Gasteiger partial charge < -0.3 is 10.2 Å². The van der Waals surface area contributed by atoms with Gasteiger partial charge in [-0.25, -0.2) is 0 Å². The highest BCUT2D eigenvalue weighted by molar-refractivity contribution is 6.03. The predicted octanol–water partition coefficient (Wildman–Crippen LogP) is 3.51. The molecule has 0 amide bonds. The maximum absolute atomic E-state index is 4.42. The molecule has 1 atom stereocenters. The molecule has 0 bridgehead atoms. The van der Waals surface area contributed by atoms with E-state index in [0.29, 0.717) is 6.04 Å². The van der Waals surface area contributed by atoms with Gasteiger partial charge in [-0.3, -0.25) is 4.99 Å². The van der Waals surface area contributed by atoms with Crippen LogP contribution in [0.15, 0.2) is 40.7 Å². The van der Waals surface area contributed by atoms with Gasteiger partial charge in [-0.1, -0.05) is 19.6 Å². The van der Waals surface area contributed by atoms with Gasteiger partial charge >= 0.3 is 0 Å². The molecule has 0 aliphatic carbocycles. The summed E-state index contributed by atoms with van der Waals surface area (Å²) in [6, 6.07) is 0.519. The van der Waals surface area contributed by atoms with E-state index in [4.69, 9.17) is 0 Å². The van der Waals surface area contributed by atoms with Crippen LogP contribution in [0.2, 0.25) is 0 Å². The fraction of sp³-hybridized carbons (Fsp3) is 0.588. The Morgan fingerprint density at radius 3 is 2.65 bits per heavy atom. The molecule has 1 saturated heterocycles. The summed E-state index contributed by atoms with van der Waals surface area (Å²) in [5, 5.41) is 3.44. The Morgan fingerprint density at radius 1 is 1.45 bits per heavy atom. The average molecular weight is 275 g/mol. The molecule has 3 heteroatoms. The molecule has 0 aromatic heterocycles. The van der Waals surface area contributed by atoms with E-state index in [2.05, 4.69) is 62.5 Å². The Bertz CT molecular complexity index is 426. The Balaban J connectivity index is 3.28. The maximum atomic E-state index is 4.42. The zero-order valence-corrected chi connectivity index (χ0v) is 13.7. The number of nitrogens with one attached hydrogen (secondary N) is 1. The lowest BCUT2D eigenvalue weighted by molar-refractivity contribution is 0.223. The van der Waals surface area contributed by atoms with E-state index in [-0.39, 0.29) is 0 Å².